The van der Waals surface area contributed by atoms with Crippen molar-refractivity contribution < 1.29 is 14.4 Å². The monoisotopic (exact) mass is 296 g/mol. The van der Waals surface area contributed by atoms with Crippen molar-refractivity contribution in [1.29, 1.82) is 0 Å². The van der Waals surface area contributed by atoms with Crippen LogP contribution in [0.3, 0.4) is 0 Å². The summed E-state index contributed by atoms with van der Waals surface area (Å²) < 4.78 is 11.2. The van der Waals surface area contributed by atoms with Crippen molar-refractivity contribution in [3.8, 4) is 0 Å². The van der Waals surface area contributed by atoms with Gasteiger partial charge in [-0.15, -0.1) is 0 Å². The van der Waals surface area contributed by atoms with Crippen LogP contribution in [0, 0.1) is 10.1 Å². The Labute approximate surface area is 104 Å². The van der Waals surface area contributed by atoms with Crippen LogP contribution in [0.5, 0.6) is 0 Å². The fourth-order valence-electron chi connectivity index (χ4n) is 1.82. The molecule has 0 saturated carbocycles. The number of ether oxygens (including phenoxy) is 2. The summed E-state index contributed by atoms with van der Waals surface area (Å²) in [5, 5.41) is 10.9. The lowest BCUT2D eigenvalue weighted by Crippen LogP contribution is -2.25. The molecule has 0 saturated heterocycles. The molecule has 1 aromatic carbocycles. The largest absolute Gasteiger partial charge is 0.448 e. The molecular formula is C10H5BrN2O4. The van der Waals surface area contributed by atoms with Crippen molar-refractivity contribution in [1.82, 2.24) is 0 Å². The highest BCUT2D eigenvalue weighted by Gasteiger charge is 2.45. The molecular weight excluding hydrogens is 292 g/mol. The normalized spacial score (nSPS) is 17.9. The van der Waals surface area contributed by atoms with Crippen molar-refractivity contribution in [3.05, 3.63) is 44.8 Å². The molecule has 6 nitrogen and oxygen atoms in total. The van der Waals surface area contributed by atoms with Gasteiger partial charge < -0.3 is 9.47 Å². The Morgan fingerprint density at radius 3 is 2.71 bits per heavy atom. The highest BCUT2D eigenvalue weighted by Crippen LogP contribution is 2.47. The van der Waals surface area contributed by atoms with Crippen LogP contribution in [0.15, 0.2) is 34.1 Å². The zero-order chi connectivity index (χ0) is 12.0. The van der Waals surface area contributed by atoms with Crippen LogP contribution < -0.4 is 0 Å². The molecule has 0 N–H and O–H groups in total. The van der Waals surface area contributed by atoms with Crippen LogP contribution in [0.25, 0.3) is 0 Å². The van der Waals surface area contributed by atoms with Crippen molar-refractivity contribution in [2.45, 2.75) is 5.79 Å². The summed E-state index contributed by atoms with van der Waals surface area (Å²) in [6, 6.07) is 3.10. The molecule has 0 aliphatic carbocycles. The van der Waals surface area contributed by atoms with E-state index >= 15 is 0 Å². The summed E-state index contributed by atoms with van der Waals surface area (Å²) in [4.78, 5) is 14.5. The maximum Gasteiger partial charge on any atom is 0.317 e. The van der Waals surface area contributed by atoms with Gasteiger partial charge >= 0.3 is 5.79 Å². The summed E-state index contributed by atoms with van der Waals surface area (Å²) in [6.07, 6.45) is 4.18. The third-order valence-electron chi connectivity index (χ3n) is 2.53. The van der Waals surface area contributed by atoms with Gasteiger partial charge in [0, 0.05) is 10.5 Å². The van der Waals surface area contributed by atoms with Gasteiger partial charge in [0.2, 0.25) is 0 Å². The minimum Gasteiger partial charge on any atom is -0.448 e. The third kappa shape index (κ3) is 1.35. The van der Waals surface area contributed by atoms with Crippen molar-refractivity contribution >= 4 is 33.5 Å². The quantitative estimate of drug-likeness (QED) is 0.590. The fourth-order valence-corrected chi connectivity index (χ4v) is 2.26. The zero-order valence-corrected chi connectivity index (χ0v) is 9.88. The Balaban J connectivity index is 2.22. The lowest BCUT2D eigenvalue weighted by Gasteiger charge is -2.20. The second kappa shape index (κ2) is 3.30. The van der Waals surface area contributed by atoms with Gasteiger partial charge in [-0.3, -0.25) is 10.1 Å². The number of nitro benzene ring substituents is 1. The average Bonchev–Trinajstić information content (AvgIpc) is 2.88. The highest BCUT2D eigenvalue weighted by atomic mass is 79.9. The first-order valence-electron chi connectivity index (χ1n) is 4.67. The highest BCUT2D eigenvalue weighted by molar-refractivity contribution is 9.10. The fraction of sp³-hybridized carbons (Fsp3) is 0.100. The second-order valence-electron chi connectivity index (χ2n) is 3.51. The van der Waals surface area contributed by atoms with Gasteiger partial charge in [0.1, 0.15) is 12.5 Å². The van der Waals surface area contributed by atoms with Crippen molar-refractivity contribution in [2.75, 3.05) is 0 Å². The molecule has 0 unspecified atom stereocenters. The molecule has 0 radical (unpaired) electrons. The van der Waals surface area contributed by atoms with Gasteiger partial charge in [-0.1, -0.05) is 15.9 Å². The Morgan fingerprint density at radius 2 is 2.06 bits per heavy atom. The van der Waals surface area contributed by atoms with Gasteiger partial charge in [0.25, 0.3) is 5.69 Å². The molecule has 1 spiro atoms. The molecule has 17 heavy (non-hydrogen) atoms. The van der Waals surface area contributed by atoms with E-state index in [0.717, 1.165) is 0 Å². The van der Waals surface area contributed by atoms with Crippen LogP contribution in [-0.4, -0.2) is 11.1 Å². The number of nitrogens with zero attached hydrogens (tertiary/aromatic N) is 2. The number of benzene rings is 1. The number of nitro groups is 1. The summed E-state index contributed by atoms with van der Waals surface area (Å²) in [5.41, 5.74) is 0.701. The first-order valence-corrected chi connectivity index (χ1v) is 5.46. The maximum atomic E-state index is 10.9. The van der Waals surface area contributed by atoms with Gasteiger partial charge in [-0.05, 0) is 6.07 Å². The first kappa shape index (κ1) is 10.3. The van der Waals surface area contributed by atoms with Crippen LogP contribution >= 0.6 is 15.9 Å². The molecule has 2 aliphatic heterocycles. The Morgan fingerprint density at radius 1 is 1.35 bits per heavy atom. The van der Waals surface area contributed by atoms with E-state index in [4.69, 9.17) is 9.47 Å². The maximum absolute atomic E-state index is 10.9. The number of aliphatic imine (C=N–C) groups is 1. The minimum absolute atomic E-state index is 0.0819. The van der Waals surface area contributed by atoms with E-state index in [-0.39, 0.29) is 11.4 Å². The molecule has 7 heteroatoms. The van der Waals surface area contributed by atoms with E-state index in [1.165, 1.54) is 24.8 Å². The Hall–Kier alpha value is -1.89. The smallest absolute Gasteiger partial charge is 0.317 e. The van der Waals surface area contributed by atoms with E-state index in [1.807, 2.05) is 0 Å². The Bertz CT molecular complexity index is 574. The predicted octanol–water partition coefficient (Wildman–Crippen LogP) is 2.74. The van der Waals surface area contributed by atoms with E-state index in [0.29, 0.717) is 10.0 Å². The molecule has 2 heterocycles. The number of halogens is 1. The molecule has 0 amide bonds. The van der Waals surface area contributed by atoms with E-state index in [2.05, 4.69) is 20.9 Å². The minimum atomic E-state index is -1.15. The first-order chi connectivity index (χ1) is 8.12. The van der Waals surface area contributed by atoms with Crippen LogP contribution in [-0.2, 0) is 15.3 Å². The van der Waals surface area contributed by atoms with E-state index in [9.17, 15) is 10.1 Å². The third-order valence-corrected chi connectivity index (χ3v) is 2.99. The molecule has 0 atom stereocenters. The Kier molecular flexibility index (Phi) is 1.99. The van der Waals surface area contributed by atoms with E-state index < -0.39 is 10.7 Å². The van der Waals surface area contributed by atoms with Crippen LogP contribution in [0.2, 0.25) is 0 Å². The summed E-state index contributed by atoms with van der Waals surface area (Å²) in [7, 11) is 0. The summed E-state index contributed by atoms with van der Waals surface area (Å²) in [6.45, 7) is 0. The molecule has 0 aromatic heterocycles. The summed E-state index contributed by atoms with van der Waals surface area (Å²) >= 11 is 3.22. The molecule has 0 fully saturated rings. The van der Waals surface area contributed by atoms with Crippen LogP contribution in [0.4, 0.5) is 11.4 Å². The number of hydrogen-bond donors (Lipinski definition) is 0. The van der Waals surface area contributed by atoms with E-state index in [1.54, 1.807) is 6.07 Å². The molecule has 0 bridgehead atoms. The van der Waals surface area contributed by atoms with Gasteiger partial charge in [-0.25, -0.2) is 4.99 Å². The molecule has 86 valence electrons. The van der Waals surface area contributed by atoms with Crippen molar-refractivity contribution in [3.63, 3.8) is 0 Å². The lowest BCUT2D eigenvalue weighted by atomic mass is 10.1. The number of rotatable bonds is 1. The molecule has 2 aliphatic rings. The SMILES string of the molecule is O=[N+]([O-])c1cc(Br)cc2c1N=CC21OC=CO1. The topological polar surface area (TPSA) is 74.0 Å². The predicted molar refractivity (Wildman–Crippen MR) is 61.9 cm³/mol. The van der Waals surface area contributed by atoms with Crippen molar-refractivity contribution in [2.24, 2.45) is 4.99 Å². The standard InChI is InChI=1S/C10H5BrN2O4/c11-6-3-7-9(8(4-6)13(14)15)12-5-10(7)16-1-2-17-10/h1-5H. The van der Waals surface area contributed by atoms with Gasteiger partial charge in [0.05, 0.1) is 16.7 Å². The number of hydrogen-bond acceptors (Lipinski definition) is 5. The zero-order valence-electron chi connectivity index (χ0n) is 8.29. The van der Waals surface area contributed by atoms with Gasteiger partial charge in [-0.2, -0.15) is 0 Å². The average molecular weight is 297 g/mol. The summed E-state index contributed by atoms with van der Waals surface area (Å²) in [5.74, 6) is -1.15. The lowest BCUT2D eigenvalue weighted by molar-refractivity contribution is -0.384. The number of fused-ring (bicyclic) bond motifs is 2. The second-order valence-corrected chi connectivity index (χ2v) is 4.43. The molecule has 3 rings (SSSR count). The van der Waals surface area contributed by atoms with Crippen LogP contribution in [0.1, 0.15) is 5.56 Å². The molecule has 1 aromatic rings. The van der Waals surface area contributed by atoms with Gasteiger partial charge in [0.15, 0.2) is 5.69 Å².